The van der Waals surface area contributed by atoms with Gasteiger partial charge >= 0.3 is 0 Å². The molecular weight excluding hydrogens is 280 g/mol. The van der Waals surface area contributed by atoms with E-state index in [4.69, 9.17) is 4.74 Å². The molecule has 1 fully saturated rings. The molecular formula is C15H30N4OSi. The van der Waals surface area contributed by atoms with Crippen LogP contribution in [0, 0.1) is 0 Å². The number of ether oxygens (including phenoxy) is 1. The lowest BCUT2D eigenvalue weighted by Gasteiger charge is -2.30. The first-order valence-electron chi connectivity index (χ1n) is 8.09. The molecule has 1 aliphatic rings. The number of anilines is 1. The summed E-state index contributed by atoms with van der Waals surface area (Å²) in [5, 5.41) is 7.94. The first-order chi connectivity index (χ1) is 10.0. The van der Waals surface area contributed by atoms with Gasteiger partial charge in [-0.3, -0.25) is 0 Å². The Balaban J connectivity index is 1.97. The number of rotatable bonds is 7. The van der Waals surface area contributed by atoms with Gasteiger partial charge in [0.1, 0.15) is 12.5 Å². The van der Waals surface area contributed by atoms with Gasteiger partial charge in [0.05, 0.1) is 6.20 Å². The van der Waals surface area contributed by atoms with Crippen molar-refractivity contribution in [1.82, 2.24) is 15.1 Å². The second kappa shape index (κ2) is 7.42. The Bertz CT molecular complexity index is 435. The van der Waals surface area contributed by atoms with Crippen molar-refractivity contribution in [2.75, 3.05) is 37.7 Å². The molecule has 1 N–H and O–H groups in total. The highest BCUT2D eigenvalue weighted by molar-refractivity contribution is 6.76. The van der Waals surface area contributed by atoms with Crippen molar-refractivity contribution in [2.24, 2.45) is 0 Å². The molecule has 0 aliphatic carbocycles. The monoisotopic (exact) mass is 310 g/mol. The molecule has 2 heterocycles. The first kappa shape index (κ1) is 16.5. The van der Waals surface area contributed by atoms with Crippen LogP contribution in [0.15, 0.2) is 6.20 Å². The summed E-state index contributed by atoms with van der Waals surface area (Å²) < 4.78 is 7.91. The van der Waals surface area contributed by atoms with Gasteiger partial charge in [-0.05, 0) is 12.5 Å². The van der Waals surface area contributed by atoms with Crippen molar-refractivity contribution in [3.8, 4) is 0 Å². The van der Waals surface area contributed by atoms with Crippen LogP contribution >= 0.6 is 0 Å². The fourth-order valence-corrected chi connectivity index (χ4v) is 3.29. The van der Waals surface area contributed by atoms with Crippen LogP contribution < -0.4 is 10.2 Å². The second-order valence-corrected chi connectivity index (χ2v) is 12.6. The molecule has 0 bridgehead atoms. The van der Waals surface area contributed by atoms with Crippen molar-refractivity contribution in [3.63, 3.8) is 0 Å². The van der Waals surface area contributed by atoms with Gasteiger partial charge < -0.3 is 15.0 Å². The van der Waals surface area contributed by atoms with E-state index in [2.05, 4.69) is 41.9 Å². The van der Waals surface area contributed by atoms with Crippen LogP contribution in [-0.4, -0.2) is 50.6 Å². The third-order valence-electron chi connectivity index (χ3n) is 3.89. The van der Waals surface area contributed by atoms with E-state index in [1.807, 2.05) is 10.9 Å². The van der Waals surface area contributed by atoms with Gasteiger partial charge in [-0.1, -0.05) is 26.6 Å². The highest BCUT2D eigenvalue weighted by atomic mass is 28.3. The maximum atomic E-state index is 5.88. The zero-order valence-corrected chi connectivity index (χ0v) is 15.0. The first-order valence-corrected chi connectivity index (χ1v) is 11.8. The van der Waals surface area contributed by atoms with Crippen molar-refractivity contribution in [2.45, 2.75) is 45.8 Å². The summed E-state index contributed by atoms with van der Waals surface area (Å²) in [6.45, 7) is 14.9. The van der Waals surface area contributed by atoms with Crippen LogP contribution in [0.4, 0.5) is 5.82 Å². The Morgan fingerprint density at radius 3 is 2.62 bits per heavy atom. The van der Waals surface area contributed by atoms with Crippen molar-refractivity contribution >= 4 is 13.9 Å². The molecule has 0 aromatic carbocycles. The van der Waals surface area contributed by atoms with E-state index in [1.54, 1.807) is 0 Å². The molecule has 2 rings (SSSR count). The van der Waals surface area contributed by atoms with Crippen LogP contribution in [0.2, 0.25) is 25.7 Å². The van der Waals surface area contributed by atoms with Crippen LogP contribution in [0.1, 0.15) is 12.5 Å². The molecule has 120 valence electrons. The van der Waals surface area contributed by atoms with Gasteiger partial charge in [-0.15, -0.1) is 0 Å². The molecule has 1 aromatic rings. The number of nitrogens with zero attached hydrogens (tertiary/aromatic N) is 3. The van der Waals surface area contributed by atoms with Crippen molar-refractivity contribution in [1.29, 1.82) is 0 Å². The molecule has 1 saturated heterocycles. The van der Waals surface area contributed by atoms with Gasteiger partial charge in [0.25, 0.3) is 0 Å². The second-order valence-electron chi connectivity index (χ2n) is 6.93. The number of hydrogen-bond acceptors (Lipinski definition) is 4. The summed E-state index contributed by atoms with van der Waals surface area (Å²) >= 11 is 0. The highest BCUT2D eigenvalue weighted by Crippen LogP contribution is 2.22. The zero-order valence-electron chi connectivity index (χ0n) is 14.0. The van der Waals surface area contributed by atoms with E-state index >= 15 is 0 Å². The number of aromatic nitrogens is 2. The maximum Gasteiger partial charge on any atom is 0.141 e. The summed E-state index contributed by atoms with van der Waals surface area (Å²) in [5.41, 5.74) is 1.32. The van der Waals surface area contributed by atoms with Crippen LogP contribution in [-0.2, 0) is 17.9 Å². The van der Waals surface area contributed by atoms with E-state index in [0.29, 0.717) is 6.73 Å². The fraction of sp³-hybridized carbons (Fsp3) is 0.800. The molecule has 6 heteroatoms. The molecule has 0 atom stereocenters. The lowest BCUT2D eigenvalue weighted by atomic mass is 10.2. The number of nitrogens with one attached hydrogen (secondary N) is 1. The molecule has 0 radical (unpaired) electrons. The lowest BCUT2D eigenvalue weighted by molar-refractivity contribution is 0.0793. The van der Waals surface area contributed by atoms with Crippen LogP contribution in [0.3, 0.4) is 0 Å². The quantitative estimate of drug-likeness (QED) is 0.619. The molecule has 0 amide bonds. The van der Waals surface area contributed by atoms with Gasteiger partial charge in [0.2, 0.25) is 0 Å². The number of aryl methyl sites for hydroxylation is 1. The molecule has 1 aromatic heterocycles. The van der Waals surface area contributed by atoms with E-state index in [1.165, 1.54) is 17.4 Å². The van der Waals surface area contributed by atoms with Crippen LogP contribution in [0.5, 0.6) is 0 Å². The number of piperazine rings is 1. The average molecular weight is 311 g/mol. The van der Waals surface area contributed by atoms with Crippen molar-refractivity contribution < 1.29 is 4.74 Å². The minimum atomic E-state index is -1.02. The smallest absolute Gasteiger partial charge is 0.141 e. The normalized spacial score (nSPS) is 16.5. The number of hydrogen-bond donors (Lipinski definition) is 1. The van der Waals surface area contributed by atoms with Gasteiger partial charge in [0.15, 0.2) is 0 Å². The summed E-state index contributed by atoms with van der Waals surface area (Å²) in [5.74, 6) is 1.26. The lowest BCUT2D eigenvalue weighted by Crippen LogP contribution is -2.44. The van der Waals surface area contributed by atoms with E-state index in [9.17, 15) is 0 Å². The zero-order chi connectivity index (χ0) is 15.3. The summed E-state index contributed by atoms with van der Waals surface area (Å²) in [6.07, 6.45) is 3.02. The van der Waals surface area contributed by atoms with Gasteiger partial charge in [-0.2, -0.15) is 5.10 Å². The van der Waals surface area contributed by atoms with Gasteiger partial charge in [0, 0.05) is 46.4 Å². The molecule has 1 aliphatic heterocycles. The third kappa shape index (κ3) is 4.83. The highest BCUT2D eigenvalue weighted by Gasteiger charge is 2.19. The minimum absolute atomic E-state index is 0.573. The Labute approximate surface area is 129 Å². The molecule has 21 heavy (non-hydrogen) atoms. The SMILES string of the molecule is CCc1cnn(COCC[Si](C)(C)C)c1N1CCNCC1. The fourth-order valence-electron chi connectivity index (χ4n) is 2.53. The third-order valence-corrected chi connectivity index (χ3v) is 5.60. The van der Waals surface area contributed by atoms with Gasteiger partial charge in [-0.25, -0.2) is 4.68 Å². The predicted molar refractivity (Wildman–Crippen MR) is 90.8 cm³/mol. The Kier molecular flexibility index (Phi) is 5.84. The minimum Gasteiger partial charge on any atom is -0.359 e. The molecule has 5 nitrogen and oxygen atoms in total. The average Bonchev–Trinajstić information content (AvgIpc) is 2.86. The van der Waals surface area contributed by atoms with E-state index < -0.39 is 8.07 Å². The largest absolute Gasteiger partial charge is 0.359 e. The standard InChI is InChI=1S/C15H30N4OSi/c1-5-14-12-17-19(13-20-10-11-21(2,3)4)15(14)18-8-6-16-7-9-18/h12,16H,5-11,13H2,1-4H3. The molecule has 0 spiro atoms. The Morgan fingerprint density at radius 2 is 2.00 bits per heavy atom. The molecule has 0 saturated carbocycles. The summed E-state index contributed by atoms with van der Waals surface area (Å²) in [7, 11) is -1.02. The van der Waals surface area contributed by atoms with Crippen molar-refractivity contribution in [3.05, 3.63) is 11.8 Å². The van der Waals surface area contributed by atoms with E-state index in [0.717, 1.165) is 39.2 Å². The Morgan fingerprint density at radius 1 is 1.29 bits per heavy atom. The topological polar surface area (TPSA) is 42.3 Å². The summed E-state index contributed by atoms with van der Waals surface area (Å²) in [4.78, 5) is 2.43. The Hall–Kier alpha value is -0.853. The maximum absolute atomic E-state index is 5.88. The van der Waals surface area contributed by atoms with E-state index in [-0.39, 0.29) is 0 Å². The molecule has 0 unspecified atom stereocenters. The predicted octanol–water partition coefficient (Wildman–Crippen LogP) is 2.17. The van der Waals surface area contributed by atoms with Crippen LogP contribution in [0.25, 0.3) is 0 Å². The summed E-state index contributed by atoms with van der Waals surface area (Å²) in [6, 6.07) is 1.21.